The van der Waals surface area contributed by atoms with E-state index < -0.39 is 5.41 Å². The van der Waals surface area contributed by atoms with Crippen LogP contribution in [0, 0.1) is 11.2 Å². The average Bonchev–Trinajstić information content (AvgIpc) is 3.20. The van der Waals surface area contributed by atoms with Crippen LogP contribution in [0.15, 0.2) is 73.1 Å². The Bertz CT molecular complexity index is 1020. The van der Waals surface area contributed by atoms with Crippen molar-refractivity contribution in [2.45, 2.75) is 26.3 Å². The first kappa shape index (κ1) is 21.2. The predicted octanol–water partition coefficient (Wildman–Crippen LogP) is 4.46. The first-order valence-electron chi connectivity index (χ1n) is 10.8. The van der Waals surface area contributed by atoms with Crippen molar-refractivity contribution < 1.29 is 9.18 Å². The van der Waals surface area contributed by atoms with Gasteiger partial charge in [0.15, 0.2) is 0 Å². The van der Waals surface area contributed by atoms with Crippen LogP contribution >= 0.6 is 0 Å². The van der Waals surface area contributed by atoms with Gasteiger partial charge in [-0.1, -0.05) is 42.5 Å². The van der Waals surface area contributed by atoms with E-state index >= 15 is 0 Å². The van der Waals surface area contributed by atoms with E-state index in [2.05, 4.69) is 33.4 Å². The molecule has 1 fully saturated rings. The lowest BCUT2D eigenvalue weighted by Crippen LogP contribution is -2.44. The van der Waals surface area contributed by atoms with E-state index in [4.69, 9.17) is 0 Å². The lowest BCUT2D eigenvalue weighted by atomic mass is 9.79. The second-order valence-electron chi connectivity index (χ2n) is 8.35. The summed E-state index contributed by atoms with van der Waals surface area (Å²) in [7, 11) is 0. The molecule has 0 spiro atoms. The van der Waals surface area contributed by atoms with Crippen LogP contribution in [0.5, 0.6) is 0 Å². The van der Waals surface area contributed by atoms with Gasteiger partial charge in [-0.2, -0.15) is 0 Å². The van der Waals surface area contributed by atoms with Gasteiger partial charge in [0, 0.05) is 32.0 Å². The maximum atomic E-state index is 13.2. The summed E-state index contributed by atoms with van der Waals surface area (Å²) in [6, 6.07) is 19.0. The van der Waals surface area contributed by atoms with E-state index in [9.17, 15) is 9.18 Å². The molecule has 1 N–H and O–H groups in total. The summed E-state index contributed by atoms with van der Waals surface area (Å²) in [5, 5.41) is 3.06. The second-order valence-corrected chi connectivity index (χ2v) is 8.35. The topological polar surface area (TPSA) is 45.2 Å². The number of hydrogen-bond donors (Lipinski definition) is 1. The van der Waals surface area contributed by atoms with Crippen LogP contribution in [0.1, 0.15) is 24.5 Å². The highest BCUT2D eigenvalue weighted by Gasteiger charge is 2.44. The SMILES string of the molecule is CCNC(=O)C1(Cc2cccc(-c3cccnc3)c2)CCN(Cc2ccc(F)cc2)C1. The van der Waals surface area contributed by atoms with Crippen molar-refractivity contribution in [3.63, 3.8) is 0 Å². The fourth-order valence-electron chi connectivity index (χ4n) is 4.48. The molecule has 0 bridgehead atoms. The highest BCUT2D eigenvalue weighted by molar-refractivity contribution is 5.83. The summed E-state index contributed by atoms with van der Waals surface area (Å²) >= 11 is 0. The van der Waals surface area contributed by atoms with Gasteiger partial charge < -0.3 is 5.32 Å². The smallest absolute Gasteiger partial charge is 0.227 e. The lowest BCUT2D eigenvalue weighted by molar-refractivity contribution is -0.130. The summed E-state index contributed by atoms with van der Waals surface area (Å²) in [5.41, 5.74) is 3.92. The molecule has 1 aliphatic heterocycles. The first-order valence-corrected chi connectivity index (χ1v) is 10.8. The average molecular weight is 418 g/mol. The molecule has 4 rings (SSSR count). The van der Waals surface area contributed by atoms with Crippen molar-refractivity contribution in [1.82, 2.24) is 15.2 Å². The minimum atomic E-state index is -0.469. The number of likely N-dealkylation sites (tertiary alicyclic amines) is 1. The molecule has 5 heteroatoms. The van der Waals surface area contributed by atoms with E-state index in [1.807, 2.05) is 43.5 Å². The number of carbonyl (C=O) groups excluding carboxylic acids is 1. The number of aromatic nitrogens is 1. The molecule has 1 aliphatic rings. The molecule has 1 unspecified atom stereocenters. The Morgan fingerprint density at radius 1 is 1.10 bits per heavy atom. The minimum Gasteiger partial charge on any atom is -0.356 e. The largest absolute Gasteiger partial charge is 0.356 e. The Morgan fingerprint density at radius 2 is 1.90 bits per heavy atom. The zero-order chi connectivity index (χ0) is 21.7. The van der Waals surface area contributed by atoms with Gasteiger partial charge in [0.25, 0.3) is 0 Å². The summed E-state index contributed by atoms with van der Waals surface area (Å²) in [4.78, 5) is 19.7. The Kier molecular flexibility index (Phi) is 6.42. The summed E-state index contributed by atoms with van der Waals surface area (Å²) in [5.74, 6) is -0.112. The molecule has 31 heavy (non-hydrogen) atoms. The molecule has 160 valence electrons. The van der Waals surface area contributed by atoms with Crippen LogP contribution < -0.4 is 5.32 Å². The van der Waals surface area contributed by atoms with Gasteiger partial charge in [0.1, 0.15) is 5.82 Å². The van der Waals surface area contributed by atoms with Crippen LogP contribution in [-0.2, 0) is 17.8 Å². The van der Waals surface area contributed by atoms with Crippen LogP contribution in [0.4, 0.5) is 4.39 Å². The standard InChI is InChI=1S/C26H28FN3O/c1-2-29-25(31)26(12-14-30(19-26)18-20-8-10-24(27)11-9-20)16-21-5-3-6-22(15-21)23-7-4-13-28-17-23/h3-11,13,15,17H,2,12,14,16,18-19H2,1H3,(H,29,31). The van der Waals surface area contributed by atoms with Crippen LogP contribution in [-0.4, -0.2) is 35.4 Å². The van der Waals surface area contributed by atoms with Crippen molar-refractivity contribution in [3.8, 4) is 11.1 Å². The number of nitrogens with zero attached hydrogens (tertiary/aromatic N) is 2. The monoisotopic (exact) mass is 417 g/mol. The summed E-state index contributed by atoms with van der Waals surface area (Å²) < 4.78 is 13.2. The van der Waals surface area contributed by atoms with Crippen molar-refractivity contribution in [3.05, 3.63) is 90.0 Å². The summed E-state index contributed by atoms with van der Waals surface area (Å²) in [6.45, 7) is 4.83. The molecule has 4 nitrogen and oxygen atoms in total. The number of benzene rings is 2. The number of nitrogens with one attached hydrogen (secondary N) is 1. The Morgan fingerprint density at radius 3 is 2.65 bits per heavy atom. The molecule has 0 saturated carbocycles. The number of amides is 1. The molecular weight excluding hydrogens is 389 g/mol. The molecule has 1 amide bonds. The van der Waals surface area contributed by atoms with Crippen molar-refractivity contribution in [1.29, 1.82) is 0 Å². The fourth-order valence-corrected chi connectivity index (χ4v) is 4.48. The van der Waals surface area contributed by atoms with E-state index in [-0.39, 0.29) is 11.7 Å². The number of halogens is 1. The third-order valence-corrected chi connectivity index (χ3v) is 6.04. The van der Waals surface area contributed by atoms with Crippen molar-refractivity contribution in [2.24, 2.45) is 5.41 Å². The molecule has 2 heterocycles. The third-order valence-electron chi connectivity index (χ3n) is 6.04. The Hall–Kier alpha value is -3.05. The second kappa shape index (κ2) is 9.40. The highest BCUT2D eigenvalue weighted by atomic mass is 19.1. The molecule has 0 radical (unpaired) electrons. The maximum absolute atomic E-state index is 13.2. The van der Waals surface area contributed by atoms with Gasteiger partial charge in [-0.15, -0.1) is 0 Å². The van der Waals surface area contributed by atoms with Gasteiger partial charge in [-0.25, -0.2) is 4.39 Å². The molecule has 1 aromatic heterocycles. The van der Waals surface area contributed by atoms with E-state index in [0.717, 1.165) is 41.8 Å². The molecule has 1 saturated heterocycles. The van der Waals surface area contributed by atoms with Crippen LogP contribution in [0.25, 0.3) is 11.1 Å². The van der Waals surface area contributed by atoms with E-state index in [0.29, 0.717) is 19.5 Å². The first-order chi connectivity index (χ1) is 15.1. The maximum Gasteiger partial charge on any atom is 0.227 e. The lowest BCUT2D eigenvalue weighted by Gasteiger charge is -2.28. The predicted molar refractivity (Wildman–Crippen MR) is 121 cm³/mol. The van der Waals surface area contributed by atoms with Gasteiger partial charge in [0.05, 0.1) is 5.41 Å². The number of rotatable bonds is 7. The van der Waals surface area contributed by atoms with Crippen LogP contribution in [0.2, 0.25) is 0 Å². The minimum absolute atomic E-state index is 0.114. The number of pyridine rings is 1. The molecule has 3 aromatic rings. The Labute approximate surface area is 183 Å². The number of hydrogen-bond acceptors (Lipinski definition) is 3. The molecule has 2 aromatic carbocycles. The third kappa shape index (κ3) is 5.00. The highest BCUT2D eigenvalue weighted by Crippen LogP contribution is 2.36. The van der Waals surface area contributed by atoms with Crippen molar-refractivity contribution in [2.75, 3.05) is 19.6 Å². The van der Waals surface area contributed by atoms with E-state index in [1.54, 1.807) is 6.20 Å². The quantitative estimate of drug-likeness (QED) is 0.617. The zero-order valence-corrected chi connectivity index (χ0v) is 17.9. The fraction of sp³-hybridized carbons (Fsp3) is 0.308. The molecule has 1 atom stereocenters. The van der Waals surface area contributed by atoms with Gasteiger partial charge in [-0.3, -0.25) is 14.7 Å². The van der Waals surface area contributed by atoms with Crippen LogP contribution in [0.3, 0.4) is 0 Å². The summed E-state index contributed by atoms with van der Waals surface area (Å²) in [6.07, 6.45) is 5.12. The normalized spacial score (nSPS) is 18.8. The van der Waals surface area contributed by atoms with Gasteiger partial charge >= 0.3 is 0 Å². The van der Waals surface area contributed by atoms with E-state index in [1.165, 1.54) is 12.1 Å². The van der Waals surface area contributed by atoms with Crippen molar-refractivity contribution >= 4 is 5.91 Å². The zero-order valence-electron chi connectivity index (χ0n) is 17.9. The molecule has 0 aliphatic carbocycles. The van der Waals surface area contributed by atoms with Gasteiger partial charge in [0.2, 0.25) is 5.91 Å². The molecular formula is C26H28FN3O. The van der Waals surface area contributed by atoms with Gasteiger partial charge in [-0.05, 0) is 66.8 Å². The number of carbonyl (C=O) groups is 1. The Balaban J connectivity index is 1.55.